The molecule has 2 atom stereocenters. The van der Waals surface area contributed by atoms with Crippen LogP contribution in [-0.4, -0.2) is 51.1 Å². The number of hydrogen-bond donors (Lipinski definition) is 1. The molecule has 0 saturated heterocycles. The summed E-state index contributed by atoms with van der Waals surface area (Å²) in [5.74, 6) is 0.0676. The molecule has 1 fully saturated rings. The molecule has 2 aliphatic rings. The van der Waals surface area contributed by atoms with Gasteiger partial charge in [0, 0.05) is 31.2 Å². The summed E-state index contributed by atoms with van der Waals surface area (Å²) in [6, 6.07) is 4.10. The lowest BCUT2D eigenvalue weighted by atomic mass is 9.68. The standard InChI is InChI=1S/C25H36N6O2/c1-24(2,3)15-31-19-8-7-17(28-21(19)30(6)23(31)33)16-9-10-25(4,5)20(13-16)29-22(32)18-14-26-11-12-27-18/h7-8,14,16,20H,9-13,15H2,1-6H3,(H,29,32). The number of pyridine rings is 1. The van der Waals surface area contributed by atoms with Crippen molar-refractivity contribution in [2.45, 2.75) is 72.4 Å². The lowest BCUT2D eigenvalue weighted by Gasteiger charge is -2.42. The Kier molecular flexibility index (Phi) is 6.05. The summed E-state index contributed by atoms with van der Waals surface area (Å²) in [6.07, 6.45) is 4.35. The van der Waals surface area contributed by atoms with E-state index >= 15 is 0 Å². The Labute approximate surface area is 195 Å². The van der Waals surface area contributed by atoms with Crippen molar-refractivity contribution in [3.05, 3.63) is 28.3 Å². The Morgan fingerprint density at radius 3 is 2.67 bits per heavy atom. The van der Waals surface area contributed by atoms with Crippen LogP contribution in [0.1, 0.15) is 65.5 Å². The summed E-state index contributed by atoms with van der Waals surface area (Å²) < 4.78 is 3.47. The van der Waals surface area contributed by atoms with Gasteiger partial charge in [-0.3, -0.25) is 23.9 Å². The normalized spacial score (nSPS) is 22.9. The Hall–Kier alpha value is -2.77. The van der Waals surface area contributed by atoms with Gasteiger partial charge in [0.05, 0.1) is 24.8 Å². The van der Waals surface area contributed by atoms with Crippen molar-refractivity contribution in [3.8, 4) is 0 Å². The topological polar surface area (TPSA) is 93.6 Å². The maximum absolute atomic E-state index is 12.9. The molecule has 0 bridgehead atoms. The van der Waals surface area contributed by atoms with Crippen molar-refractivity contribution in [2.24, 2.45) is 27.9 Å². The van der Waals surface area contributed by atoms with Crippen molar-refractivity contribution < 1.29 is 4.79 Å². The lowest BCUT2D eigenvalue weighted by molar-refractivity contribution is -0.116. The maximum Gasteiger partial charge on any atom is 0.330 e. The minimum Gasteiger partial charge on any atom is -0.347 e. The number of carbonyl (C=O) groups is 1. The fraction of sp³-hybridized carbons (Fsp3) is 0.640. The van der Waals surface area contributed by atoms with Crippen molar-refractivity contribution in [1.29, 1.82) is 0 Å². The second-order valence-electron chi connectivity index (χ2n) is 11.4. The molecule has 1 amide bonds. The van der Waals surface area contributed by atoms with E-state index in [0.29, 0.717) is 25.3 Å². The van der Waals surface area contributed by atoms with Crippen LogP contribution in [0.3, 0.4) is 0 Å². The molecule has 0 aromatic carbocycles. The van der Waals surface area contributed by atoms with Gasteiger partial charge in [-0.05, 0) is 42.2 Å². The number of fused-ring (bicyclic) bond motifs is 1. The fourth-order valence-corrected chi connectivity index (χ4v) is 4.89. The largest absolute Gasteiger partial charge is 0.347 e. The predicted molar refractivity (Wildman–Crippen MR) is 132 cm³/mol. The number of aliphatic imine (C=N–C) groups is 2. The van der Waals surface area contributed by atoms with Crippen molar-refractivity contribution in [2.75, 3.05) is 13.1 Å². The van der Waals surface area contributed by atoms with Crippen LogP contribution in [0, 0.1) is 10.8 Å². The zero-order valence-corrected chi connectivity index (χ0v) is 20.7. The number of aromatic nitrogens is 3. The van der Waals surface area contributed by atoms with E-state index in [0.717, 1.165) is 36.1 Å². The van der Waals surface area contributed by atoms with Crippen LogP contribution in [0.15, 0.2) is 26.9 Å². The zero-order valence-electron chi connectivity index (χ0n) is 20.7. The Morgan fingerprint density at radius 2 is 2.00 bits per heavy atom. The van der Waals surface area contributed by atoms with Gasteiger partial charge in [-0.2, -0.15) is 0 Å². The smallest absolute Gasteiger partial charge is 0.330 e. The quantitative estimate of drug-likeness (QED) is 0.772. The van der Waals surface area contributed by atoms with Crippen LogP contribution < -0.4 is 11.0 Å². The second kappa shape index (κ2) is 8.54. The summed E-state index contributed by atoms with van der Waals surface area (Å²) >= 11 is 0. The lowest BCUT2D eigenvalue weighted by Crippen LogP contribution is -2.50. The van der Waals surface area contributed by atoms with Gasteiger partial charge in [-0.1, -0.05) is 34.6 Å². The van der Waals surface area contributed by atoms with Gasteiger partial charge in [0.15, 0.2) is 5.65 Å². The first kappa shape index (κ1) is 23.4. The van der Waals surface area contributed by atoms with Gasteiger partial charge >= 0.3 is 5.69 Å². The molecule has 1 aliphatic heterocycles. The van der Waals surface area contributed by atoms with Crippen molar-refractivity contribution >= 4 is 29.0 Å². The minimum atomic E-state index is -0.151. The maximum atomic E-state index is 12.9. The van der Waals surface area contributed by atoms with Crippen LogP contribution in [-0.2, 0) is 18.4 Å². The van der Waals surface area contributed by atoms with Crippen molar-refractivity contribution in [1.82, 2.24) is 19.4 Å². The van der Waals surface area contributed by atoms with Crippen LogP contribution in [0.2, 0.25) is 0 Å². The third-order valence-electron chi connectivity index (χ3n) is 6.92. The molecule has 1 N–H and O–H groups in total. The SMILES string of the molecule is Cn1c(=O)n(CC(C)(C)C)c2ccc(C3CCC(C)(C)C(NC(=O)C4=NCCN=C4)C3)nc21. The third-order valence-corrected chi connectivity index (χ3v) is 6.92. The fourth-order valence-electron chi connectivity index (χ4n) is 4.89. The van der Waals surface area contributed by atoms with Gasteiger partial charge in [0.1, 0.15) is 5.71 Å². The van der Waals surface area contributed by atoms with Crippen LogP contribution >= 0.6 is 0 Å². The van der Waals surface area contributed by atoms with Gasteiger partial charge in [0.25, 0.3) is 5.91 Å². The van der Waals surface area contributed by atoms with Gasteiger partial charge in [0.2, 0.25) is 0 Å². The van der Waals surface area contributed by atoms with E-state index in [4.69, 9.17) is 4.98 Å². The highest BCUT2D eigenvalue weighted by Gasteiger charge is 2.39. The first-order chi connectivity index (χ1) is 15.5. The van der Waals surface area contributed by atoms with Crippen LogP contribution in [0.5, 0.6) is 0 Å². The number of rotatable bonds is 4. The van der Waals surface area contributed by atoms with E-state index < -0.39 is 0 Å². The molecule has 178 valence electrons. The molecule has 1 saturated carbocycles. The highest BCUT2D eigenvalue weighted by Crippen LogP contribution is 2.42. The van der Waals surface area contributed by atoms with E-state index in [1.165, 1.54) is 0 Å². The number of aryl methyl sites for hydroxylation is 1. The number of imidazole rings is 1. The molecule has 8 heteroatoms. The number of nitrogens with zero attached hydrogens (tertiary/aromatic N) is 5. The molecule has 2 unspecified atom stereocenters. The minimum absolute atomic E-state index is 0.00795. The predicted octanol–water partition coefficient (Wildman–Crippen LogP) is 3.09. The highest BCUT2D eigenvalue weighted by atomic mass is 16.2. The molecule has 0 spiro atoms. The molecule has 8 nitrogen and oxygen atoms in total. The monoisotopic (exact) mass is 452 g/mol. The summed E-state index contributed by atoms with van der Waals surface area (Å²) in [5.41, 5.74) is 2.92. The molecule has 2 aromatic rings. The first-order valence-corrected chi connectivity index (χ1v) is 11.9. The van der Waals surface area contributed by atoms with Crippen molar-refractivity contribution in [3.63, 3.8) is 0 Å². The Morgan fingerprint density at radius 1 is 1.24 bits per heavy atom. The summed E-state index contributed by atoms with van der Waals surface area (Å²) in [7, 11) is 1.79. The van der Waals surface area contributed by atoms with Crippen LogP contribution in [0.4, 0.5) is 0 Å². The number of amides is 1. The van der Waals surface area contributed by atoms with Gasteiger partial charge in [-0.25, -0.2) is 9.78 Å². The van der Waals surface area contributed by atoms with E-state index in [9.17, 15) is 9.59 Å². The number of nitrogens with one attached hydrogen (secondary N) is 1. The molecule has 2 aromatic heterocycles. The summed E-state index contributed by atoms with van der Waals surface area (Å²) in [5, 5.41) is 3.22. The number of hydrogen-bond acceptors (Lipinski definition) is 5. The second-order valence-corrected chi connectivity index (χ2v) is 11.4. The number of carbonyl (C=O) groups excluding carboxylic acids is 1. The molecular formula is C25H36N6O2. The van der Waals surface area contributed by atoms with Gasteiger partial charge < -0.3 is 5.32 Å². The average Bonchev–Trinajstić information content (AvgIpc) is 2.99. The highest BCUT2D eigenvalue weighted by molar-refractivity contribution is 6.60. The van der Waals surface area contributed by atoms with Gasteiger partial charge in [-0.15, -0.1) is 0 Å². The van der Waals surface area contributed by atoms with E-state index in [-0.39, 0.29) is 34.4 Å². The summed E-state index contributed by atoms with van der Waals surface area (Å²) in [4.78, 5) is 39.1. The van der Waals surface area contributed by atoms with E-state index in [1.807, 2.05) is 10.6 Å². The molecule has 3 heterocycles. The molecule has 0 radical (unpaired) electrons. The van der Waals surface area contributed by atoms with E-state index in [2.05, 4.69) is 56.0 Å². The molecule has 1 aliphatic carbocycles. The Bertz CT molecular complexity index is 1180. The van der Waals surface area contributed by atoms with E-state index in [1.54, 1.807) is 17.8 Å². The average molecular weight is 453 g/mol. The molecular weight excluding hydrogens is 416 g/mol. The first-order valence-electron chi connectivity index (χ1n) is 11.9. The zero-order chi connectivity index (χ0) is 24.0. The molecule has 33 heavy (non-hydrogen) atoms. The summed E-state index contributed by atoms with van der Waals surface area (Å²) in [6.45, 7) is 12.6. The van der Waals surface area contributed by atoms with Crippen LogP contribution in [0.25, 0.3) is 11.2 Å². The Balaban J connectivity index is 1.59. The molecule has 4 rings (SSSR count). The third kappa shape index (κ3) is 4.80.